The molecule has 3 heteroatoms. The predicted molar refractivity (Wildman–Crippen MR) is 95.5 cm³/mol. The highest BCUT2D eigenvalue weighted by atomic mass is 28.3. The third kappa shape index (κ3) is 3.47. The molecule has 1 aromatic carbocycles. The number of fused-ring (bicyclic) bond motifs is 1. The lowest BCUT2D eigenvalue weighted by Gasteiger charge is -2.06. The second kappa shape index (κ2) is 5.82. The van der Waals surface area contributed by atoms with E-state index in [-0.39, 0.29) is 0 Å². The molecule has 110 valence electrons. The van der Waals surface area contributed by atoms with Gasteiger partial charge >= 0.3 is 0 Å². The minimum Gasteiger partial charge on any atom is -0.328 e. The summed E-state index contributed by atoms with van der Waals surface area (Å²) < 4.78 is 2.18. The van der Waals surface area contributed by atoms with Crippen LogP contribution in [0.1, 0.15) is 11.3 Å². The summed E-state index contributed by atoms with van der Waals surface area (Å²) in [6.45, 7) is 7.58. The van der Waals surface area contributed by atoms with Gasteiger partial charge in [-0.1, -0.05) is 55.9 Å². The molecule has 3 rings (SSSR count). The van der Waals surface area contributed by atoms with Crippen LogP contribution in [0, 0.1) is 11.5 Å². The van der Waals surface area contributed by atoms with Crippen LogP contribution in [-0.2, 0) is 6.54 Å². The summed E-state index contributed by atoms with van der Waals surface area (Å²) in [6, 6.07) is 16.7. The van der Waals surface area contributed by atoms with Crippen molar-refractivity contribution < 1.29 is 0 Å². The Morgan fingerprint density at radius 2 is 1.77 bits per heavy atom. The van der Waals surface area contributed by atoms with Crippen LogP contribution >= 0.6 is 0 Å². The van der Waals surface area contributed by atoms with Gasteiger partial charge in [-0.05, 0) is 23.8 Å². The Bertz CT molecular complexity index is 846. The molecule has 22 heavy (non-hydrogen) atoms. The molecule has 0 aliphatic rings. The summed E-state index contributed by atoms with van der Waals surface area (Å²) in [5, 5.41) is 1.16. The van der Waals surface area contributed by atoms with Gasteiger partial charge in [0.1, 0.15) is 19.4 Å². The van der Waals surface area contributed by atoms with Crippen LogP contribution in [0.2, 0.25) is 19.6 Å². The fourth-order valence-electron chi connectivity index (χ4n) is 2.29. The van der Waals surface area contributed by atoms with Crippen molar-refractivity contribution in [3.63, 3.8) is 0 Å². The van der Waals surface area contributed by atoms with Crippen LogP contribution in [0.15, 0.2) is 54.7 Å². The van der Waals surface area contributed by atoms with Crippen molar-refractivity contribution >= 4 is 19.1 Å². The fraction of sp³-hybridized carbons (Fsp3) is 0.211. The second-order valence-corrected chi connectivity index (χ2v) is 11.3. The molecule has 0 N–H and O–H groups in total. The number of benzene rings is 1. The summed E-state index contributed by atoms with van der Waals surface area (Å²) in [7, 11) is -1.37. The van der Waals surface area contributed by atoms with E-state index in [9.17, 15) is 0 Å². The van der Waals surface area contributed by atoms with Gasteiger partial charge in [0.2, 0.25) is 0 Å². The maximum absolute atomic E-state index is 4.75. The Labute approximate surface area is 132 Å². The molecule has 2 aromatic heterocycles. The first-order valence-corrected chi connectivity index (χ1v) is 11.0. The molecule has 0 aliphatic heterocycles. The summed E-state index contributed by atoms with van der Waals surface area (Å²) >= 11 is 0. The fourth-order valence-corrected chi connectivity index (χ4v) is 2.79. The van der Waals surface area contributed by atoms with Crippen LogP contribution < -0.4 is 0 Å². The van der Waals surface area contributed by atoms with E-state index in [0.29, 0.717) is 0 Å². The van der Waals surface area contributed by atoms with E-state index in [1.54, 1.807) is 0 Å². The van der Waals surface area contributed by atoms with Crippen molar-refractivity contribution in [2.45, 2.75) is 26.2 Å². The Balaban J connectivity index is 1.96. The standard InChI is InChI=1S/C19H20N2Si/c1-22(2,3)14-12-18-10-9-17-11-13-21(19(17)20-18)15-16-7-5-4-6-8-16/h4-11,13H,15H2,1-3H3. The van der Waals surface area contributed by atoms with Crippen molar-refractivity contribution in [2.75, 3.05) is 0 Å². The number of aromatic nitrogens is 2. The average Bonchev–Trinajstić information content (AvgIpc) is 2.88. The van der Waals surface area contributed by atoms with Crippen LogP contribution in [0.3, 0.4) is 0 Å². The van der Waals surface area contributed by atoms with E-state index in [4.69, 9.17) is 4.98 Å². The van der Waals surface area contributed by atoms with Gasteiger partial charge in [0, 0.05) is 18.1 Å². The van der Waals surface area contributed by atoms with Crippen molar-refractivity contribution in [3.8, 4) is 11.5 Å². The van der Waals surface area contributed by atoms with Crippen molar-refractivity contribution in [3.05, 3.63) is 66.0 Å². The molecule has 2 nitrogen and oxygen atoms in total. The summed E-state index contributed by atoms with van der Waals surface area (Å²) in [6.07, 6.45) is 2.10. The molecule has 0 bridgehead atoms. The molecule has 0 unspecified atom stereocenters. The van der Waals surface area contributed by atoms with E-state index in [1.165, 1.54) is 5.56 Å². The quantitative estimate of drug-likeness (QED) is 0.509. The maximum Gasteiger partial charge on any atom is 0.141 e. The highest BCUT2D eigenvalue weighted by Crippen LogP contribution is 2.16. The zero-order valence-corrected chi connectivity index (χ0v) is 14.3. The largest absolute Gasteiger partial charge is 0.328 e. The van der Waals surface area contributed by atoms with Gasteiger partial charge in [-0.3, -0.25) is 0 Å². The van der Waals surface area contributed by atoms with Gasteiger partial charge in [0.25, 0.3) is 0 Å². The molecule has 0 spiro atoms. The monoisotopic (exact) mass is 304 g/mol. The molecule has 0 saturated carbocycles. The minimum absolute atomic E-state index is 0.836. The molecule has 3 aromatic rings. The molecule has 0 radical (unpaired) electrons. The van der Waals surface area contributed by atoms with Gasteiger partial charge in [0.15, 0.2) is 0 Å². The summed E-state index contributed by atoms with van der Waals surface area (Å²) in [5.41, 5.74) is 6.53. The van der Waals surface area contributed by atoms with Crippen molar-refractivity contribution in [1.82, 2.24) is 9.55 Å². The zero-order chi connectivity index (χ0) is 15.6. The van der Waals surface area contributed by atoms with E-state index in [2.05, 4.69) is 78.3 Å². The zero-order valence-electron chi connectivity index (χ0n) is 13.3. The van der Waals surface area contributed by atoms with Crippen molar-refractivity contribution in [1.29, 1.82) is 0 Å². The second-order valence-electron chi connectivity index (χ2n) is 6.54. The molecular weight excluding hydrogens is 284 g/mol. The number of hydrogen-bond acceptors (Lipinski definition) is 1. The van der Waals surface area contributed by atoms with Gasteiger partial charge in [0.05, 0.1) is 0 Å². The van der Waals surface area contributed by atoms with Gasteiger partial charge < -0.3 is 4.57 Å². The van der Waals surface area contributed by atoms with Crippen LogP contribution in [0.4, 0.5) is 0 Å². The first-order valence-electron chi connectivity index (χ1n) is 7.54. The first kappa shape index (κ1) is 14.6. The number of rotatable bonds is 2. The van der Waals surface area contributed by atoms with Gasteiger partial charge in [-0.25, -0.2) is 4.98 Å². The van der Waals surface area contributed by atoms with E-state index in [1.807, 2.05) is 12.1 Å². The molecule has 0 fully saturated rings. The normalized spacial score (nSPS) is 11.2. The van der Waals surface area contributed by atoms with Crippen LogP contribution in [-0.4, -0.2) is 17.6 Å². The average molecular weight is 304 g/mol. The highest BCUT2D eigenvalue weighted by molar-refractivity contribution is 6.83. The number of nitrogens with zero attached hydrogens (tertiary/aromatic N) is 2. The van der Waals surface area contributed by atoms with E-state index < -0.39 is 8.07 Å². The van der Waals surface area contributed by atoms with E-state index >= 15 is 0 Å². The Morgan fingerprint density at radius 1 is 1.00 bits per heavy atom. The van der Waals surface area contributed by atoms with Gasteiger partial charge in [-0.15, -0.1) is 5.54 Å². The SMILES string of the molecule is C[Si](C)(C)C#Cc1ccc2ccn(Cc3ccccc3)c2n1. The lowest BCUT2D eigenvalue weighted by Crippen LogP contribution is -2.16. The Morgan fingerprint density at radius 3 is 2.50 bits per heavy atom. The van der Waals surface area contributed by atoms with Crippen LogP contribution in [0.5, 0.6) is 0 Å². The third-order valence-electron chi connectivity index (χ3n) is 3.37. The molecule has 0 aliphatic carbocycles. The summed E-state index contributed by atoms with van der Waals surface area (Å²) in [4.78, 5) is 4.75. The van der Waals surface area contributed by atoms with Crippen molar-refractivity contribution in [2.24, 2.45) is 0 Å². The highest BCUT2D eigenvalue weighted by Gasteiger charge is 2.08. The number of pyridine rings is 1. The van der Waals surface area contributed by atoms with Gasteiger partial charge in [-0.2, -0.15) is 0 Å². The van der Waals surface area contributed by atoms with E-state index in [0.717, 1.165) is 23.3 Å². The third-order valence-corrected chi connectivity index (χ3v) is 4.25. The lowest BCUT2D eigenvalue weighted by atomic mass is 10.2. The smallest absolute Gasteiger partial charge is 0.141 e. The first-order chi connectivity index (χ1) is 10.5. The molecule has 0 amide bonds. The molecular formula is C19H20N2Si. The number of hydrogen-bond donors (Lipinski definition) is 0. The molecule has 0 saturated heterocycles. The topological polar surface area (TPSA) is 17.8 Å². The molecule has 2 heterocycles. The maximum atomic E-state index is 4.75. The lowest BCUT2D eigenvalue weighted by molar-refractivity contribution is 0.825. The van der Waals surface area contributed by atoms with Crippen LogP contribution in [0.25, 0.3) is 11.0 Å². The Kier molecular flexibility index (Phi) is 3.87. The summed E-state index contributed by atoms with van der Waals surface area (Å²) in [5.74, 6) is 3.24. The Hall–Kier alpha value is -2.31. The molecule has 0 atom stereocenters. The minimum atomic E-state index is -1.37. The predicted octanol–water partition coefficient (Wildman–Crippen LogP) is 4.31.